The Labute approximate surface area is 216 Å². The summed E-state index contributed by atoms with van der Waals surface area (Å²) in [7, 11) is 2.77. The van der Waals surface area contributed by atoms with Crippen LogP contribution < -0.4 is 9.64 Å². The molecule has 0 bridgehead atoms. The molecule has 1 aliphatic heterocycles. The predicted octanol–water partition coefficient (Wildman–Crippen LogP) is 5.66. The van der Waals surface area contributed by atoms with Crippen molar-refractivity contribution in [2.45, 2.75) is 6.04 Å². The summed E-state index contributed by atoms with van der Waals surface area (Å²) in [5, 5.41) is 12.1. The van der Waals surface area contributed by atoms with Crippen LogP contribution in [0.25, 0.3) is 11.0 Å². The number of rotatable bonds is 6. The molecular formula is C28H20ClNO7. The number of ether oxygens (including phenoxy) is 2. The Balaban J connectivity index is 1.65. The van der Waals surface area contributed by atoms with Crippen LogP contribution in [0, 0.1) is 0 Å². The van der Waals surface area contributed by atoms with Crippen molar-refractivity contribution in [3.05, 3.63) is 106 Å². The number of aliphatic hydroxyl groups excluding tert-OH is 1. The molecule has 2 heterocycles. The highest BCUT2D eigenvalue weighted by Gasteiger charge is 2.45. The molecule has 0 saturated carbocycles. The average molecular weight is 518 g/mol. The van der Waals surface area contributed by atoms with Gasteiger partial charge in [0, 0.05) is 16.1 Å². The molecule has 1 aromatic heterocycles. The molecule has 5 rings (SSSR count). The highest BCUT2D eigenvalue weighted by Crippen LogP contribution is 2.43. The number of nitrogens with zero attached hydrogens (tertiary/aromatic N) is 1. The fourth-order valence-corrected chi connectivity index (χ4v) is 4.55. The van der Waals surface area contributed by atoms with Gasteiger partial charge >= 0.3 is 5.97 Å². The second-order valence-electron chi connectivity index (χ2n) is 8.28. The van der Waals surface area contributed by atoms with Crippen molar-refractivity contribution in [2.24, 2.45) is 0 Å². The lowest BCUT2D eigenvalue weighted by atomic mass is 9.94. The number of Topliss-reactive ketones (excluding diaryl/α,β-unsaturated/α-hetero) is 1. The van der Waals surface area contributed by atoms with Crippen molar-refractivity contribution in [2.75, 3.05) is 19.1 Å². The molecule has 3 aromatic carbocycles. The van der Waals surface area contributed by atoms with Gasteiger partial charge in [0.15, 0.2) is 11.5 Å². The molecule has 186 valence electrons. The normalized spacial score (nSPS) is 15.4. The van der Waals surface area contributed by atoms with Gasteiger partial charge in [-0.1, -0.05) is 29.8 Å². The zero-order valence-corrected chi connectivity index (χ0v) is 20.5. The van der Waals surface area contributed by atoms with E-state index in [9.17, 15) is 19.5 Å². The van der Waals surface area contributed by atoms with Gasteiger partial charge in [0.25, 0.3) is 5.91 Å². The van der Waals surface area contributed by atoms with Gasteiger partial charge in [-0.2, -0.15) is 0 Å². The Hall–Kier alpha value is -4.56. The third kappa shape index (κ3) is 4.21. The standard InChI is InChI=1S/C28H20ClNO7/c1-35-20-9-6-15(7-10-20)24-23(25(31)22-14-17-12-18(29)8-11-21(17)37-22)26(32)27(33)30(24)19-5-3-4-16(13-19)28(34)36-2/h3-14,24,32H,1-2H3. The number of ketones is 1. The lowest BCUT2D eigenvalue weighted by molar-refractivity contribution is -0.117. The number of hydrogen-bond donors (Lipinski definition) is 1. The number of carbonyl (C=O) groups excluding carboxylic acids is 3. The van der Waals surface area contributed by atoms with Crippen LogP contribution >= 0.6 is 11.6 Å². The van der Waals surface area contributed by atoms with E-state index in [4.69, 9.17) is 25.5 Å². The first kappa shape index (κ1) is 24.1. The van der Waals surface area contributed by atoms with Crippen LogP contribution in [-0.2, 0) is 9.53 Å². The number of amides is 1. The zero-order valence-electron chi connectivity index (χ0n) is 19.7. The van der Waals surface area contributed by atoms with Crippen molar-refractivity contribution in [3.63, 3.8) is 0 Å². The molecule has 1 aliphatic rings. The van der Waals surface area contributed by atoms with Gasteiger partial charge in [-0.3, -0.25) is 14.5 Å². The Morgan fingerprint density at radius 2 is 1.76 bits per heavy atom. The van der Waals surface area contributed by atoms with Gasteiger partial charge in [-0.25, -0.2) is 4.79 Å². The number of carbonyl (C=O) groups is 3. The molecule has 0 saturated heterocycles. The minimum absolute atomic E-state index is 0.0599. The highest BCUT2D eigenvalue weighted by atomic mass is 35.5. The van der Waals surface area contributed by atoms with Gasteiger partial charge in [-0.05, 0) is 60.2 Å². The molecular weight excluding hydrogens is 498 g/mol. The maximum absolute atomic E-state index is 13.7. The SMILES string of the molecule is COC(=O)c1cccc(N2C(=O)C(O)=C(C(=O)c3cc4cc(Cl)ccc4o3)C2c2ccc(OC)cc2)c1. The van der Waals surface area contributed by atoms with Gasteiger partial charge in [0.05, 0.1) is 31.4 Å². The number of methoxy groups -OCH3 is 2. The first-order valence-electron chi connectivity index (χ1n) is 11.1. The molecule has 9 heteroatoms. The topological polar surface area (TPSA) is 106 Å². The first-order chi connectivity index (χ1) is 17.8. The van der Waals surface area contributed by atoms with E-state index in [0.29, 0.717) is 33.0 Å². The minimum atomic E-state index is -1.02. The van der Waals surface area contributed by atoms with E-state index in [2.05, 4.69) is 0 Å². The Morgan fingerprint density at radius 3 is 2.46 bits per heavy atom. The number of anilines is 1. The molecule has 0 aliphatic carbocycles. The van der Waals surface area contributed by atoms with Crippen molar-refractivity contribution < 1.29 is 33.4 Å². The van der Waals surface area contributed by atoms with Crippen molar-refractivity contribution in [3.8, 4) is 5.75 Å². The van der Waals surface area contributed by atoms with Gasteiger partial charge in [0.2, 0.25) is 5.78 Å². The Bertz CT molecular complexity index is 1590. The highest BCUT2D eigenvalue weighted by molar-refractivity contribution is 6.31. The van der Waals surface area contributed by atoms with E-state index in [1.54, 1.807) is 54.6 Å². The average Bonchev–Trinajstić information content (AvgIpc) is 3.46. The second kappa shape index (κ2) is 9.48. The van der Waals surface area contributed by atoms with Crippen LogP contribution in [0.3, 0.4) is 0 Å². The zero-order chi connectivity index (χ0) is 26.3. The first-order valence-corrected chi connectivity index (χ1v) is 11.5. The van der Waals surface area contributed by atoms with Crippen molar-refractivity contribution in [1.82, 2.24) is 0 Å². The van der Waals surface area contributed by atoms with Crippen LogP contribution in [-0.4, -0.2) is 37.0 Å². The number of hydrogen-bond acceptors (Lipinski definition) is 7. The number of furan rings is 1. The van der Waals surface area contributed by atoms with Crippen LogP contribution in [0.5, 0.6) is 5.75 Å². The summed E-state index contributed by atoms with van der Waals surface area (Å²) in [5.41, 5.74) is 1.29. The van der Waals surface area contributed by atoms with Crippen LogP contribution in [0.2, 0.25) is 5.02 Å². The van der Waals surface area contributed by atoms with E-state index >= 15 is 0 Å². The minimum Gasteiger partial charge on any atom is -0.503 e. The van der Waals surface area contributed by atoms with Crippen LogP contribution in [0.1, 0.15) is 32.5 Å². The Kier molecular flexibility index (Phi) is 6.19. The molecule has 1 N–H and O–H groups in total. The van der Waals surface area contributed by atoms with E-state index in [1.807, 2.05) is 0 Å². The lowest BCUT2D eigenvalue weighted by Gasteiger charge is -2.27. The second-order valence-corrected chi connectivity index (χ2v) is 8.71. The largest absolute Gasteiger partial charge is 0.503 e. The smallest absolute Gasteiger partial charge is 0.337 e. The third-order valence-electron chi connectivity index (χ3n) is 6.13. The molecule has 0 fully saturated rings. The fourth-order valence-electron chi connectivity index (χ4n) is 4.36. The maximum atomic E-state index is 13.7. The number of benzene rings is 3. The fraction of sp³-hybridized carbons (Fsp3) is 0.107. The van der Waals surface area contributed by atoms with E-state index in [-0.39, 0.29) is 16.9 Å². The van der Waals surface area contributed by atoms with Gasteiger partial charge < -0.3 is 19.0 Å². The third-order valence-corrected chi connectivity index (χ3v) is 6.37. The quantitative estimate of drug-likeness (QED) is 0.259. The van der Waals surface area contributed by atoms with Gasteiger partial charge in [-0.15, -0.1) is 0 Å². The molecule has 4 aromatic rings. The molecule has 1 amide bonds. The van der Waals surface area contributed by atoms with E-state index in [0.717, 1.165) is 0 Å². The summed E-state index contributed by atoms with van der Waals surface area (Å²) in [6.07, 6.45) is 0. The van der Waals surface area contributed by atoms with E-state index in [1.165, 1.54) is 37.3 Å². The van der Waals surface area contributed by atoms with E-state index < -0.39 is 29.5 Å². The molecule has 0 radical (unpaired) electrons. The summed E-state index contributed by atoms with van der Waals surface area (Å²) in [4.78, 5) is 40.5. The summed E-state index contributed by atoms with van der Waals surface area (Å²) in [6.45, 7) is 0. The Morgan fingerprint density at radius 1 is 1.00 bits per heavy atom. The number of esters is 1. The summed E-state index contributed by atoms with van der Waals surface area (Å²) in [6, 6.07) is 18.4. The van der Waals surface area contributed by atoms with Crippen molar-refractivity contribution >= 4 is 45.9 Å². The molecule has 37 heavy (non-hydrogen) atoms. The number of halogens is 1. The molecule has 8 nitrogen and oxygen atoms in total. The summed E-state index contributed by atoms with van der Waals surface area (Å²) < 4.78 is 15.8. The molecule has 1 unspecified atom stereocenters. The predicted molar refractivity (Wildman–Crippen MR) is 136 cm³/mol. The number of aliphatic hydroxyl groups is 1. The molecule has 1 atom stereocenters. The van der Waals surface area contributed by atoms with Crippen LogP contribution in [0.15, 0.2) is 88.5 Å². The maximum Gasteiger partial charge on any atom is 0.337 e. The molecule has 0 spiro atoms. The lowest BCUT2D eigenvalue weighted by Crippen LogP contribution is -2.31. The summed E-state index contributed by atoms with van der Waals surface area (Å²) in [5.74, 6) is -2.26. The number of fused-ring (bicyclic) bond motifs is 1. The van der Waals surface area contributed by atoms with Crippen LogP contribution in [0.4, 0.5) is 5.69 Å². The van der Waals surface area contributed by atoms with Crippen molar-refractivity contribution in [1.29, 1.82) is 0 Å². The summed E-state index contributed by atoms with van der Waals surface area (Å²) >= 11 is 6.07. The monoisotopic (exact) mass is 517 g/mol. The van der Waals surface area contributed by atoms with Gasteiger partial charge in [0.1, 0.15) is 11.3 Å².